The first-order chi connectivity index (χ1) is 23.3. The molecular weight excluding hydrogens is 616 g/mol. The summed E-state index contributed by atoms with van der Waals surface area (Å²) in [7, 11) is 0. The highest BCUT2D eigenvalue weighted by Crippen LogP contribution is 2.36. The maximum absolute atomic E-state index is 14.6. The molecule has 2 aliphatic rings. The van der Waals surface area contributed by atoms with Crippen molar-refractivity contribution in [3.8, 4) is 0 Å². The van der Waals surface area contributed by atoms with Crippen molar-refractivity contribution in [1.82, 2.24) is 20.4 Å². The van der Waals surface area contributed by atoms with Gasteiger partial charge in [0.25, 0.3) is 0 Å². The van der Waals surface area contributed by atoms with Gasteiger partial charge in [-0.15, -0.1) is 0 Å². The van der Waals surface area contributed by atoms with Gasteiger partial charge in [0.2, 0.25) is 17.7 Å². The molecule has 3 aromatic carbocycles. The Morgan fingerprint density at radius 3 is 2.16 bits per heavy atom. The van der Waals surface area contributed by atoms with Gasteiger partial charge in [0.05, 0.1) is 5.41 Å². The first-order valence-corrected chi connectivity index (χ1v) is 17.7. The maximum atomic E-state index is 14.6. The van der Waals surface area contributed by atoms with Gasteiger partial charge in [-0.25, -0.2) is 4.79 Å². The molecule has 5 rings (SSSR count). The lowest BCUT2D eigenvalue weighted by atomic mass is 9.74. The Labute approximate surface area is 290 Å². The van der Waals surface area contributed by atoms with E-state index >= 15 is 0 Å². The number of likely N-dealkylation sites (tertiary alicyclic amines) is 2. The molecule has 2 fully saturated rings. The lowest BCUT2D eigenvalue weighted by molar-refractivity contribution is -0.146. The number of carbonyl (C=O) groups excluding carboxylic acids is 4. The topological polar surface area (TPSA) is 108 Å². The number of fused-ring (bicyclic) bond motifs is 1. The average Bonchev–Trinajstić information content (AvgIpc) is 3.07. The highest BCUT2D eigenvalue weighted by molar-refractivity contribution is 5.92. The lowest BCUT2D eigenvalue weighted by Crippen LogP contribution is -2.59. The number of ether oxygens (including phenoxy) is 1. The predicted octanol–water partition coefficient (Wildman–Crippen LogP) is 5.89. The van der Waals surface area contributed by atoms with Crippen LogP contribution in [0, 0.1) is 10.8 Å². The van der Waals surface area contributed by atoms with E-state index in [1.54, 1.807) is 9.80 Å². The van der Waals surface area contributed by atoms with Crippen LogP contribution in [-0.4, -0.2) is 78.0 Å². The molecule has 0 saturated carbocycles. The Morgan fingerprint density at radius 2 is 1.49 bits per heavy atom. The first kappa shape index (κ1) is 35.9. The SMILES string of the molecule is CCNC(=O)[C@]1(Cc2ccccc2)CCCN(C(=O)[C@H](Cc2ccc3ccccc3c2)NC(=O)C2(C)CCN(C(=O)OC(C)(C)C)CC2)C1. The number of hydrogen-bond acceptors (Lipinski definition) is 5. The van der Waals surface area contributed by atoms with E-state index in [2.05, 4.69) is 22.8 Å². The van der Waals surface area contributed by atoms with Gasteiger partial charge >= 0.3 is 6.09 Å². The zero-order chi connectivity index (χ0) is 35.2. The Kier molecular flexibility index (Phi) is 11.0. The molecule has 4 amide bonds. The maximum Gasteiger partial charge on any atom is 0.410 e. The minimum absolute atomic E-state index is 0.0456. The van der Waals surface area contributed by atoms with Crippen molar-refractivity contribution in [3.05, 3.63) is 83.9 Å². The van der Waals surface area contributed by atoms with Gasteiger partial charge in [-0.05, 0) is 81.7 Å². The summed E-state index contributed by atoms with van der Waals surface area (Å²) < 4.78 is 5.56. The summed E-state index contributed by atoms with van der Waals surface area (Å²) in [6, 6.07) is 23.4. The summed E-state index contributed by atoms with van der Waals surface area (Å²) in [5.74, 6) is -0.430. The average molecular weight is 669 g/mol. The number of nitrogens with one attached hydrogen (secondary N) is 2. The number of amides is 4. The van der Waals surface area contributed by atoms with E-state index in [0.29, 0.717) is 64.7 Å². The van der Waals surface area contributed by atoms with Crippen molar-refractivity contribution < 1.29 is 23.9 Å². The molecule has 0 radical (unpaired) electrons. The van der Waals surface area contributed by atoms with Crippen LogP contribution in [0.4, 0.5) is 4.79 Å². The molecule has 9 heteroatoms. The van der Waals surface area contributed by atoms with Crippen molar-refractivity contribution in [1.29, 1.82) is 0 Å². The Balaban J connectivity index is 1.38. The third-order valence-corrected chi connectivity index (χ3v) is 10.0. The van der Waals surface area contributed by atoms with E-state index in [1.165, 1.54) is 0 Å². The summed E-state index contributed by atoms with van der Waals surface area (Å²) in [6.07, 6.45) is 2.73. The molecule has 49 heavy (non-hydrogen) atoms. The summed E-state index contributed by atoms with van der Waals surface area (Å²) >= 11 is 0. The van der Waals surface area contributed by atoms with Gasteiger partial charge in [-0.3, -0.25) is 14.4 Å². The predicted molar refractivity (Wildman–Crippen MR) is 192 cm³/mol. The largest absolute Gasteiger partial charge is 0.444 e. The minimum Gasteiger partial charge on any atom is -0.444 e. The fraction of sp³-hybridized carbons (Fsp3) is 0.500. The van der Waals surface area contributed by atoms with Gasteiger partial charge in [0, 0.05) is 44.6 Å². The first-order valence-electron chi connectivity index (χ1n) is 17.7. The van der Waals surface area contributed by atoms with Crippen molar-refractivity contribution in [2.45, 2.75) is 84.8 Å². The van der Waals surface area contributed by atoms with Crippen molar-refractivity contribution in [3.63, 3.8) is 0 Å². The second kappa shape index (κ2) is 15.0. The summed E-state index contributed by atoms with van der Waals surface area (Å²) in [5, 5.41) is 8.38. The summed E-state index contributed by atoms with van der Waals surface area (Å²) in [5.41, 5.74) is -0.146. The highest BCUT2D eigenvalue weighted by atomic mass is 16.6. The molecule has 0 aliphatic carbocycles. The quantitative estimate of drug-likeness (QED) is 0.296. The smallest absolute Gasteiger partial charge is 0.410 e. The van der Waals surface area contributed by atoms with Crippen LogP contribution in [0.1, 0.15) is 71.4 Å². The fourth-order valence-corrected chi connectivity index (χ4v) is 7.16. The number of piperidine rings is 2. The second-order valence-electron chi connectivity index (χ2n) is 15.1. The Morgan fingerprint density at radius 1 is 0.816 bits per heavy atom. The molecule has 2 atom stereocenters. The molecule has 2 N–H and O–H groups in total. The summed E-state index contributed by atoms with van der Waals surface area (Å²) in [6.45, 7) is 11.4. The van der Waals surface area contributed by atoms with Crippen molar-refractivity contribution in [2.75, 3.05) is 32.7 Å². The van der Waals surface area contributed by atoms with E-state index in [0.717, 1.165) is 21.9 Å². The van der Waals surface area contributed by atoms with E-state index in [1.807, 2.05) is 95.3 Å². The third kappa shape index (κ3) is 8.80. The van der Waals surface area contributed by atoms with Crippen LogP contribution in [0.3, 0.4) is 0 Å². The number of hydrogen-bond donors (Lipinski definition) is 2. The van der Waals surface area contributed by atoms with Crippen LogP contribution in [0.15, 0.2) is 72.8 Å². The molecule has 2 heterocycles. The Bertz CT molecular complexity index is 1640. The number of rotatable bonds is 9. The van der Waals surface area contributed by atoms with Gasteiger partial charge in [-0.1, -0.05) is 79.7 Å². The van der Waals surface area contributed by atoms with Crippen LogP contribution >= 0.6 is 0 Å². The molecular formula is C40H52N4O5. The third-order valence-electron chi connectivity index (χ3n) is 10.0. The molecule has 0 aromatic heterocycles. The summed E-state index contributed by atoms with van der Waals surface area (Å²) in [4.78, 5) is 58.6. The zero-order valence-electron chi connectivity index (χ0n) is 29.7. The monoisotopic (exact) mass is 668 g/mol. The fourth-order valence-electron chi connectivity index (χ4n) is 7.16. The van der Waals surface area contributed by atoms with E-state index in [-0.39, 0.29) is 30.4 Å². The van der Waals surface area contributed by atoms with Gasteiger partial charge in [-0.2, -0.15) is 0 Å². The highest BCUT2D eigenvalue weighted by Gasteiger charge is 2.45. The normalized spacial score (nSPS) is 19.9. The Hall–Kier alpha value is -4.40. The standard InChI is InChI=1S/C40H52N4O5/c1-6-41-36(47)40(27-29-13-8-7-9-14-29)19-12-22-44(28-40)34(45)33(26-30-17-18-31-15-10-11-16-32(31)25-30)42-35(46)39(5)20-23-43(24-21-39)37(48)49-38(2,3)4/h7-11,13-18,25,33H,6,12,19-24,26-28H2,1-5H3,(H,41,47)(H,42,46)/t33-,40-/m0/s1. The molecule has 9 nitrogen and oxygen atoms in total. The molecule has 0 unspecified atom stereocenters. The lowest BCUT2D eigenvalue weighted by Gasteiger charge is -2.43. The van der Waals surface area contributed by atoms with Crippen LogP contribution in [-0.2, 0) is 32.0 Å². The van der Waals surface area contributed by atoms with Crippen LogP contribution < -0.4 is 10.6 Å². The molecule has 2 saturated heterocycles. The number of nitrogens with zero attached hydrogens (tertiary/aromatic N) is 2. The number of carbonyl (C=O) groups is 4. The van der Waals surface area contributed by atoms with Crippen LogP contribution in [0.2, 0.25) is 0 Å². The van der Waals surface area contributed by atoms with Crippen LogP contribution in [0.25, 0.3) is 10.8 Å². The van der Waals surface area contributed by atoms with Crippen LogP contribution in [0.5, 0.6) is 0 Å². The van der Waals surface area contributed by atoms with E-state index < -0.39 is 22.5 Å². The van der Waals surface area contributed by atoms with E-state index in [9.17, 15) is 19.2 Å². The molecule has 3 aromatic rings. The van der Waals surface area contributed by atoms with Gasteiger partial charge in [0.1, 0.15) is 11.6 Å². The van der Waals surface area contributed by atoms with Crippen molar-refractivity contribution in [2.24, 2.45) is 10.8 Å². The molecule has 0 bridgehead atoms. The number of benzene rings is 3. The molecule has 2 aliphatic heterocycles. The van der Waals surface area contributed by atoms with E-state index in [4.69, 9.17) is 4.74 Å². The second-order valence-corrected chi connectivity index (χ2v) is 15.1. The molecule has 0 spiro atoms. The molecule has 262 valence electrons. The van der Waals surface area contributed by atoms with Gasteiger partial charge in [0.15, 0.2) is 0 Å². The zero-order valence-corrected chi connectivity index (χ0v) is 29.7. The van der Waals surface area contributed by atoms with Crippen molar-refractivity contribution >= 4 is 34.6 Å². The minimum atomic E-state index is -0.823. The van der Waals surface area contributed by atoms with Gasteiger partial charge < -0.3 is 25.2 Å².